The van der Waals surface area contributed by atoms with Crippen LogP contribution in [0.4, 0.5) is 0 Å². The molecule has 0 heterocycles. The molecule has 0 saturated carbocycles. The maximum absolute atomic E-state index is 3.88. The molecule has 2 aliphatic rings. The Hall–Kier alpha value is -3.67. The van der Waals surface area contributed by atoms with Crippen LogP contribution in [0.5, 0.6) is 0 Å². The van der Waals surface area contributed by atoms with Crippen molar-refractivity contribution in [2.24, 2.45) is 0 Å². The van der Waals surface area contributed by atoms with Crippen molar-refractivity contribution < 1.29 is 24.2 Å². The van der Waals surface area contributed by atoms with Crippen LogP contribution >= 0.6 is 0 Å². The Bertz CT molecular complexity index is 1730. The Morgan fingerprint density at radius 2 is 1.24 bits per heavy atom. The molecule has 0 aromatic heterocycles. The summed E-state index contributed by atoms with van der Waals surface area (Å²) < 4.78 is 3.34. The van der Waals surface area contributed by atoms with E-state index in [0.29, 0.717) is 5.92 Å². The number of benzene rings is 5. The summed E-state index contributed by atoms with van der Waals surface area (Å²) in [6.45, 7) is 18.3. The summed E-state index contributed by atoms with van der Waals surface area (Å²) in [5.41, 5.74) is 14.9. The summed E-state index contributed by atoms with van der Waals surface area (Å²) in [4.78, 5) is 0. The van der Waals surface area contributed by atoms with Gasteiger partial charge in [-0.1, -0.05) is 145 Å². The molecule has 2 aliphatic carbocycles. The molecule has 0 atom stereocenters. The van der Waals surface area contributed by atoms with Crippen LogP contribution in [0.1, 0.15) is 95.5 Å². The first kappa shape index (κ1) is 38.1. The van der Waals surface area contributed by atoms with E-state index in [2.05, 4.69) is 175 Å². The van der Waals surface area contributed by atoms with Gasteiger partial charge in [0.25, 0.3) is 0 Å². The van der Waals surface area contributed by atoms with E-state index in [0.717, 1.165) is 12.8 Å². The minimum absolute atomic E-state index is 0.0380. The number of allylic oxidation sites excluding steroid dienone is 4. The first-order valence-corrected chi connectivity index (χ1v) is 19.1. The van der Waals surface area contributed by atoms with Crippen molar-refractivity contribution >= 4 is 4.21 Å². The second-order valence-corrected chi connectivity index (χ2v) is 14.9. The van der Waals surface area contributed by atoms with Gasteiger partial charge in [-0.25, -0.2) is 12.2 Å². The molecule has 0 radical (unpaired) electrons. The molecule has 0 saturated heterocycles. The Kier molecular flexibility index (Phi) is 13.5. The standard InChI is InChI=1S/C33H33.C9H11.C5H5.CH2.Zr/c1-32(2,3)30-20-26-24(18-28(30)22-13-9-7-10-14-22)17-25-19-29(23-15-11-8-12-16-23)31(21-27(25)26)33(4,5)6;1-8(2)9-6-4-3-5-7-9;1-2-4-5-3-1;;/h7-16,18,20-21H,17H2,1-6H3;4-8H,1-2H3;1-3H,4H2;1H2;/q3*-1;;. The Morgan fingerprint density at radius 1 is 0.673 bits per heavy atom. The zero-order valence-electron chi connectivity index (χ0n) is 30.7. The van der Waals surface area contributed by atoms with Crippen molar-refractivity contribution in [3.8, 4) is 33.4 Å². The zero-order chi connectivity index (χ0) is 35.6. The Balaban J connectivity index is 0.000000278. The van der Waals surface area contributed by atoms with Gasteiger partial charge in [-0.15, -0.1) is 35.2 Å². The molecule has 250 valence electrons. The third kappa shape index (κ3) is 9.96. The van der Waals surface area contributed by atoms with Crippen LogP contribution in [-0.2, 0) is 41.5 Å². The third-order valence-corrected chi connectivity index (χ3v) is 8.82. The monoisotopic (exact) mass is 717 g/mol. The first-order chi connectivity index (χ1) is 23.4. The summed E-state index contributed by atoms with van der Waals surface area (Å²) in [6, 6.07) is 43.9. The van der Waals surface area contributed by atoms with Crippen LogP contribution < -0.4 is 0 Å². The molecule has 7 rings (SSSR count). The van der Waals surface area contributed by atoms with Gasteiger partial charge in [-0.05, 0) is 45.4 Å². The van der Waals surface area contributed by atoms with Crippen molar-refractivity contribution in [3.05, 3.63) is 167 Å². The summed E-state index contributed by atoms with van der Waals surface area (Å²) >= 11 is 1.30. The molecule has 0 unspecified atom stereocenters. The second-order valence-electron chi connectivity index (χ2n) is 14.9. The molecule has 0 fully saturated rings. The topological polar surface area (TPSA) is 0 Å². The molecule has 49 heavy (non-hydrogen) atoms. The number of fused-ring (bicyclic) bond motifs is 3. The predicted octanol–water partition coefficient (Wildman–Crippen LogP) is 12.9. The van der Waals surface area contributed by atoms with Gasteiger partial charge in [-0.2, -0.15) is 42.0 Å². The van der Waals surface area contributed by atoms with Crippen LogP contribution in [-0.4, -0.2) is 4.21 Å². The number of hydrogen-bond acceptors (Lipinski definition) is 0. The molecule has 5 aromatic rings. The van der Waals surface area contributed by atoms with E-state index in [-0.39, 0.29) is 10.8 Å². The molecule has 0 aliphatic heterocycles. The number of rotatable bonds is 3. The molecule has 1 heteroatoms. The zero-order valence-corrected chi connectivity index (χ0v) is 33.2. The second kappa shape index (κ2) is 17.3. The normalized spacial score (nSPS) is 12.5. The first-order valence-electron chi connectivity index (χ1n) is 17.3. The molecule has 0 amide bonds. The van der Waals surface area contributed by atoms with Gasteiger partial charge in [-0.3, -0.25) is 6.08 Å². The molecule has 0 N–H and O–H groups in total. The van der Waals surface area contributed by atoms with E-state index < -0.39 is 0 Å². The average molecular weight is 719 g/mol. The van der Waals surface area contributed by atoms with Crippen LogP contribution in [0.2, 0.25) is 0 Å². The Morgan fingerprint density at radius 3 is 1.71 bits per heavy atom. The molecule has 0 spiro atoms. The van der Waals surface area contributed by atoms with Crippen LogP contribution in [0, 0.1) is 18.2 Å². The van der Waals surface area contributed by atoms with E-state index in [1.165, 1.54) is 85.4 Å². The van der Waals surface area contributed by atoms with Crippen LogP contribution in [0.25, 0.3) is 33.4 Å². The van der Waals surface area contributed by atoms with E-state index in [1.807, 2.05) is 24.3 Å². The van der Waals surface area contributed by atoms with Gasteiger partial charge in [0.05, 0.1) is 0 Å². The maximum atomic E-state index is 3.88. The van der Waals surface area contributed by atoms with Gasteiger partial charge in [0.2, 0.25) is 0 Å². The van der Waals surface area contributed by atoms with Gasteiger partial charge in [0.1, 0.15) is 0 Å². The summed E-state index contributed by atoms with van der Waals surface area (Å²) in [7, 11) is 0. The minimum atomic E-state index is 0.0380. The fourth-order valence-corrected chi connectivity index (χ4v) is 6.23. The van der Waals surface area contributed by atoms with E-state index in [4.69, 9.17) is 0 Å². The number of hydrogen-bond donors (Lipinski definition) is 0. The van der Waals surface area contributed by atoms with Crippen LogP contribution in [0.3, 0.4) is 0 Å². The quantitative estimate of drug-likeness (QED) is 0.160. The van der Waals surface area contributed by atoms with E-state index in [1.54, 1.807) is 0 Å². The fraction of sp³-hybridized carbons (Fsp3) is 0.271. The summed E-state index contributed by atoms with van der Waals surface area (Å²) in [5, 5.41) is 0. The molecule has 5 aromatic carbocycles. The molecular weight excluding hydrogens is 668 g/mol. The van der Waals surface area contributed by atoms with E-state index in [9.17, 15) is 0 Å². The van der Waals surface area contributed by atoms with Crippen molar-refractivity contribution in [3.63, 3.8) is 0 Å². The summed E-state index contributed by atoms with van der Waals surface area (Å²) in [6.07, 6.45) is 10.9. The fourth-order valence-electron chi connectivity index (χ4n) is 6.23. The van der Waals surface area contributed by atoms with Gasteiger partial charge >= 0.3 is 28.4 Å². The van der Waals surface area contributed by atoms with Crippen molar-refractivity contribution in [2.75, 3.05) is 0 Å². The van der Waals surface area contributed by atoms with Crippen LogP contribution in [0.15, 0.2) is 121 Å². The SMILES string of the molecule is CC(C)(C)c1cc2c([c-]c1-c1ccccc1)Cc1cc(-c3ccccc3)c(C(C)(C)C)cc1-2.CC(C)c1cc[c-]cc1.[C-]1=CC=CC1.[CH2]=[Zr]. The van der Waals surface area contributed by atoms with Crippen molar-refractivity contribution in [2.45, 2.75) is 85.0 Å². The van der Waals surface area contributed by atoms with Crippen molar-refractivity contribution in [1.82, 2.24) is 0 Å². The third-order valence-electron chi connectivity index (χ3n) is 8.82. The summed E-state index contributed by atoms with van der Waals surface area (Å²) in [5.74, 6) is 0.639. The average Bonchev–Trinajstić information content (AvgIpc) is 3.81. The van der Waals surface area contributed by atoms with Crippen molar-refractivity contribution in [1.29, 1.82) is 0 Å². The predicted molar refractivity (Wildman–Crippen MR) is 210 cm³/mol. The molecule has 0 nitrogen and oxygen atoms in total. The Labute approximate surface area is 312 Å². The molecule has 0 bridgehead atoms. The van der Waals surface area contributed by atoms with E-state index >= 15 is 0 Å². The van der Waals surface area contributed by atoms with Gasteiger partial charge in [0, 0.05) is 0 Å². The molecular formula is C48H51Zr-3. The van der Waals surface area contributed by atoms with Gasteiger partial charge in [0.15, 0.2) is 0 Å². The van der Waals surface area contributed by atoms with Gasteiger partial charge < -0.3 is 0 Å².